The van der Waals surface area contributed by atoms with Crippen LogP contribution in [-0.4, -0.2) is 23.0 Å². The Hall–Kier alpha value is -1.11. The summed E-state index contributed by atoms with van der Waals surface area (Å²) in [6.45, 7) is 1.90. The maximum Gasteiger partial charge on any atom is 0.339 e. The molecule has 0 saturated heterocycles. The highest BCUT2D eigenvalue weighted by molar-refractivity contribution is 14.1. The minimum atomic E-state index is -0.348. The summed E-state index contributed by atoms with van der Waals surface area (Å²) >= 11 is 2.21. The number of halogens is 1. The molecular weight excluding hydrogens is 307 g/mol. The van der Waals surface area contributed by atoms with Gasteiger partial charge in [0.2, 0.25) is 0 Å². The number of H-pyrrole nitrogens is 1. The number of carbonyl (C=O) groups excluding carboxylic acids is 1. The van der Waals surface area contributed by atoms with Crippen LogP contribution < -0.4 is 0 Å². The first-order chi connectivity index (χ1) is 7.15. The van der Waals surface area contributed by atoms with E-state index in [9.17, 15) is 4.79 Å². The van der Waals surface area contributed by atoms with Gasteiger partial charge in [0, 0.05) is 21.4 Å². The number of rotatable bonds is 1. The van der Waals surface area contributed by atoms with Crippen molar-refractivity contribution >= 4 is 39.6 Å². The number of aromatic nitrogens is 2. The molecule has 0 aliphatic rings. The quantitative estimate of drug-likeness (QED) is 0.648. The monoisotopic (exact) mass is 316 g/mol. The molecule has 0 bridgehead atoms. The minimum Gasteiger partial charge on any atom is -0.465 e. The average molecular weight is 316 g/mol. The molecule has 0 amide bonds. The Kier molecular flexibility index (Phi) is 2.64. The molecule has 15 heavy (non-hydrogen) atoms. The standard InChI is InChI=1S/C10H9IN2O2/c1-5-6(10(14)15-2)3-12-9-8(5)7(11)4-13-9/h3-4H,1-2H3,(H,12,13). The van der Waals surface area contributed by atoms with Crippen molar-refractivity contribution < 1.29 is 9.53 Å². The van der Waals surface area contributed by atoms with Gasteiger partial charge < -0.3 is 9.72 Å². The Balaban J connectivity index is 2.74. The molecule has 0 fully saturated rings. The summed E-state index contributed by atoms with van der Waals surface area (Å²) in [5.74, 6) is -0.348. The van der Waals surface area contributed by atoms with Gasteiger partial charge in [-0.25, -0.2) is 9.78 Å². The van der Waals surface area contributed by atoms with Gasteiger partial charge in [-0.2, -0.15) is 0 Å². The summed E-state index contributed by atoms with van der Waals surface area (Å²) < 4.78 is 5.74. The second kappa shape index (κ2) is 3.80. The normalized spacial score (nSPS) is 10.6. The van der Waals surface area contributed by atoms with E-state index in [1.165, 1.54) is 13.3 Å². The van der Waals surface area contributed by atoms with Crippen LogP contribution in [0.1, 0.15) is 15.9 Å². The fourth-order valence-electron chi connectivity index (χ4n) is 1.52. The van der Waals surface area contributed by atoms with E-state index in [1.54, 1.807) is 0 Å². The Bertz CT molecular complexity index is 533. The van der Waals surface area contributed by atoms with Crippen LogP contribution in [0.2, 0.25) is 0 Å². The van der Waals surface area contributed by atoms with E-state index in [4.69, 9.17) is 4.74 Å². The second-order valence-electron chi connectivity index (χ2n) is 3.15. The van der Waals surface area contributed by atoms with Crippen LogP contribution in [-0.2, 0) is 4.74 Å². The Morgan fingerprint density at radius 1 is 1.60 bits per heavy atom. The first-order valence-electron chi connectivity index (χ1n) is 4.35. The molecule has 0 unspecified atom stereocenters. The van der Waals surface area contributed by atoms with Crippen LogP contribution in [0.3, 0.4) is 0 Å². The van der Waals surface area contributed by atoms with Crippen molar-refractivity contribution in [3.05, 3.63) is 27.1 Å². The van der Waals surface area contributed by atoms with Gasteiger partial charge in [0.05, 0.1) is 12.7 Å². The molecule has 2 heterocycles. The lowest BCUT2D eigenvalue weighted by Crippen LogP contribution is -2.04. The zero-order valence-corrected chi connectivity index (χ0v) is 10.5. The Morgan fingerprint density at radius 2 is 2.33 bits per heavy atom. The van der Waals surface area contributed by atoms with E-state index >= 15 is 0 Å². The van der Waals surface area contributed by atoms with Crippen molar-refractivity contribution in [3.63, 3.8) is 0 Å². The van der Waals surface area contributed by atoms with E-state index < -0.39 is 0 Å². The van der Waals surface area contributed by atoms with E-state index in [0.29, 0.717) is 5.56 Å². The molecule has 5 heteroatoms. The van der Waals surface area contributed by atoms with Gasteiger partial charge in [0.1, 0.15) is 5.65 Å². The summed E-state index contributed by atoms with van der Waals surface area (Å²) in [5.41, 5.74) is 2.21. The maximum atomic E-state index is 11.4. The number of aryl methyl sites for hydroxylation is 1. The van der Waals surface area contributed by atoms with Gasteiger partial charge in [-0.05, 0) is 35.1 Å². The van der Waals surface area contributed by atoms with Gasteiger partial charge in [-0.1, -0.05) is 0 Å². The molecule has 2 aromatic heterocycles. The summed E-state index contributed by atoms with van der Waals surface area (Å²) in [4.78, 5) is 18.6. The van der Waals surface area contributed by atoms with Gasteiger partial charge in [0.15, 0.2) is 0 Å². The molecule has 4 nitrogen and oxygen atoms in total. The summed E-state index contributed by atoms with van der Waals surface area (Å²) in [6, 6.07) is 0. The number of carbonyl (C=O) groups is 1. The SMILES string of the molecule is COC(=O)c1cnc2[nH]cc(I)c2c1C. The van der Waals surface area contributed by atoms with Crippen LogP contribution in [0.5, 0.6) is 0 Å². The molecular formula is C10H9IN2O2. The van der Waals surface area contributed by atoms with E-state index in [-0.39, 0.29) is 5.97 Å². The third-order valence-electron chi connectivity index (χ3n) is 2.32. The number of ether oxygens (including phenoxy) is 1. The highest BCUT2D eigenvalue weighted by Gasteiger charge is 2.14. The lowest BCUT2D eigenvalue weighted by molar-refractivity contribution is 0.0599. The summed E-state index contributed by atoms with van der Waals surface area (Å²) in [7, 11) is 1.37. The highest BCUT2D eigenvalue weighted by Crippen LogP contribution is 2.24. The molecule has 0 saturated carbocycles. The number of methoxy groups -OCH3 is 1. The topological polar surface area (TPSA) is 55.0 Å². The molecule has 0 aliphatic carbocycles. The van der Waals surface area contributed by atoms with Crippen molar-refractivity contribution in [1.29, 1.82) is 0 Å². The van der Waals surface area contributed by atoms with E-state index in [0.717, 1.165) is 20.2 Å². The molecule has 2 rings (SSSR count). The summed E-state index contributed by atoms with van der Waals surface area (Å²) in [6.07, 6.45) is 3.41. The second-order valence-corrected chi connectivity index (χ2v) is 4.31. The lowest BCUT2D eigenvalue weighted by Gasteiger charge is -2.04. The van der Waals surface area contributed by atoms with Gasteiger partial charge in [0.25, 0.3) is 0 Å². The number of hydrogen-bond donors (Lipinski definition) is 1. The predicted molar refractivity (Wildman–Crippen MR) is 64.9 cm³/mol. The Morgan fingerprint density at radius 3 is 3.00 bits per heavy atom. The van der Waals surface area contributed by atoms with E-state index in [2.05, 4.69) is 32.6 Å². The number of aromatic amines is 1. The molecule has 0 spiro atoms. The Labute approximate surface area is 100 Å². The first-order valence-corrected chi connectivity index (χ1v) is 5.43. The van der Waals surface area contributed by atoms with Gasteiger partial charge in [-0.15, -0.1) is 0 Å². The maximum absolute atomic E-state index is 11.4. The van der Waals surface area contributed by atoms with Gasteiger partial charge >= 0.3 is 5.97 Å². The molecule has 78 valence electrons. The number of nitrogens with one attached hydrogen (secondary N) is 1. The highest BCUT2D eigenvalue weighted by atomic mass is 127. The number of pyridine rings is 1. The molecule has 0 aromatic carbocycles. The third-order valence-corrected chi connectivity index (χ3v) is 3.17. The minimum absolute atomic E-state index is 0.348. The fraction of sp³-hybridized carbons (Fsp3) is 0.200. The number of esters is 1. The number of nitrogens with zero attached hydrogens (tertiary/aromatic N) is 1. The van der Waals surface area contributed by atoms with Crippen molar-refractivity contribution in [2.24, 2.45) is 0 Å². The molecule has 1 N–H and O–H groups in total. The third kappa shape index (κ3) is 1.60. The van der Waals surface area contributed by atoms with Crippen molar-refractivity contribution in [3.8, 4) is 0 Å². The zero-order chi connectivity index (χ0) is 11.0. The van der Waals surface area contributed by atoms with Crippen molar-refractivity contribution in [2.45, 2.75) is 6.92 Å². The van der Waals surface area contributed by atoms with Crippen molar-refractivity contribution in [1.82, 2.24) is 9.97 Å². The largest absolute Gasteiger partial charge is 0.465 e. The van der Waals surface area contributed by atoms with Crippen LogP contribution in [0.25, 0.3) is 11.0 Å². The smallest absolute Gasteiger partial charge is 0.339 e. The van der Waals surface area contributed by atoms with Crippen LogP contribution >= 0.6 is 22.6 Å². The molecule has 2 aromatic rings. The van der Waals surface area contributed by atoms with Crippen molar-refractivity contribution in [2.75, 3.05) is 7.11 Å². The van der Waals surface area contributed by atoms with Crippen LogP contribution in [0, 0.1) is 10.5 Å². The first kappa shape index (κ1) is 10.4. The van der Waals surface area contributed by atoms with E-state index in [1.807, 2.05) is 13.1 Å². The van der Waals surface area contributed by atoms with Crippen LogP contribution in [0.15, 0.2) is 12.4 Å². The molecule has 0 aliphatic heterocycles. The zero-order valence-electron chi connectivity index (χ0n) is 8.30. The lowest BCUT2D eigenvalue weighted by atomic mass is 10.1. The molecule has 0 atom stereocenters. The molecule has 0 radical (unpaired) electrons. The fourth-order valence-corrected chi connectivity index (χ4v) is 2.34. The van der Waals surface area contributed by atoms with Gasteiger partial charge in [-0.3, -0.25) is 0 Å². The number of fused-ring (bicyclic) bond motifs is 1. The average Bonchev–Trinajstić information content (AvgIpc) is 2.61. The van der Waals surface area contributed by atoms with Crippen LogP contribution in [0.4, 0.5) is 0 Å². The summed E-state index contributed by atoms with van der Waals surface area (Å²) in [5, 5.41) is 0.985. The predicted octanol–water partition coefficient (Wildman–Crippen LogP) is 2.26. The number of hydrogen-bond acceptors (Lipinski definition) is 3.